The molecule has 0 radical (unpaired) electrons. The van der Waals surface area contributed by atoms with E-state index in [1.165, 1.54) is 16.1 Å². The zero-order valence-electron chi connectivity index (χ0n) is 22.0. The number of carbonyl (C=O) groups excluding carboxylic acids is 1. The van der Waals surface area contributed by atoms with Crippen LogP contribution < -0.4 is 14.4 Å². The lowest BCUT2D eigenvalue weighted by Crippen LogP contribution is -2.31. The van der Waals surface area contributed by atoms with Gasteiger partial charge < -0.3 is 10.1 Å². The number of hydrogen-bond acceptors (Lipinski definition) is 4. The summed E-state index contributed by atoms with van der Waals surface area (Å²) in [6.45, 7) is 11.2. The first-order chi connectivity index (χ1) is 16.9. The van der Waals surface area contributed by atoms with Crippen molar-refractivity contribution in [2.24, 2.45) is 0 Å². The van der Waals surface area contributed by atoms with E-state index in [9.17, 15) is 13.2 Å². The monoisotopic (exact) mass is 508 g/mol. The number of para-hydroxylation sites is 1. The van der Waals surface area contributed by atoms with Crippen LogP contribution in [0, 0.1) is 13.8 Å². The number of nitrogens with one attached hydrogen (secondary N) is 1. The second-order valence-electron chi connectivity index (χ2n) is 10.1. The molecule has 0 aliphatic rings. The Bertz CT molecular complexity index is 1270. The Morgan fingerprint density at radius 1 is 0.917 bits per heavy atom. The number of nitrogens with zero attached hydrogens (tertiary/aromatic N) is 1. The third-order valence-corrected chi connectivity index (χ3v) is 7.12. The molecule has 0 bridgehead atoms. The average molecular weight is 509 g/mol. The molecule has 6 nitrogen and oxygen atoms in total. The van der Waals surface area contributed by atoms with Crippen molar-refractivity contribution in [3.05, 3.63) is 94.5 Å². The van der Waals surface area contributed by atoms with Crippen molar-refractivity contribution in [1.82, 2.24) is 5.32 Å². The molecule has 0 fully saturated rings. The lowest BCUT2D eigenvalue weighted by molar-refractivity contribution is 0.0947. The lowest BCUT2D eigenvalue weighted by Gasteiger charge is -2.26. The SMILES string of the molecule is Cc1cccc(C)c1N(Cc1ccc(C(=O)NCCOc2ccc(C(C)(C)C)cc2)cc1)S(C)(=O)=O. The quantitative estimate of drug-likeness (QED) is 0.394. The summed E-state index contributed by atoms with van der Waals surface area (Å²) in [5.74, 6) is 0.559. The third kappa shape index (κ3) is 7.10. The predicted molar refractivity (Wildman–Crippen MR) is 146 cm³/mol. The smallest absolute Gasteiger partial charge is 0.251 e. The number of amides is 1. The normalized spacial score (nSPS) is 11.7. The molecule has 0 spiro atoms. The first kappa shape index (κ1) is 27.3. The zero-order valence-corrected chi connectivity index (χ0v) is 22.8. The van der Waals surface area contributed by atoms with Gasteiger partial charge in [-0.25, -0.2) is 8.42 Å². The summed E-state index contributed by atoms with van der Waals surface area (Å²) >= 11 is 0. The molecule has 3 aromatic rings. The highest BCUT2D eigenvalue weighted by molar-refractivity contribution is 7.92. The van der Waals surface area contributed by atoms with Gasteiger partial charge in [0, 0.05) is 5.56 Å². The molecule has 0 atom stereocenters. The highest BCUT2D eigenvalue weighted by Gasteiger charge is 2.21. The van der Waals surface area contributed by atoms with E-state index >= 15 is 0 Å². The van der Waals surface area contributed by atoms with Gasteiger partial charge in [0.15, 0.2) is 0 Å². The second-order valence-corrected chi connectivity index (χ2v) is 12.0. The lowest BCUT2D eigenvalue weighted by atomic mass is 9.87. The molecule has 3 aromatic carbocycles. The van der Waals surface area contributed by atoms with Gasteiger partial charge in [-0.15, -0.1) is 0 Å². The number of hydrogen-bond donors (Lipinski definition) is 1. The molecule has 0 aliphatic carbocycles. The van der Waals surface area contributed by atoms with Crippen LogP contribution in [-0.2, 0) is 22.0 Å². The Labute approximate surface area is 215 Å². The predicted octanol–water partition coefficient (Wildman–Crippen LogP) is 5.38. The molecule has 192 valence electrons. The third-order valence-electron chi connectivity index (χ3n) is 6.01. The Hall–Kier alpha value is -3.32. The van der Waals surface area contributed by atoms with Gasteiger partial charge in [0.25, 0.3) is 5.91 Å². The standard InChI is InChI=1S/C29H36N2O4S/c1-21-8-7-9-22(2)27(21)31(36(6,33)34)20-23-10-12-24(13-11-23)28(32)30-18-19-35-26-16-14-25(15-17-26)29(3,4)5/h7-17H,18-20H2,1-6H3,(H,30,32). The fourth-order valence-electron chi connectivity index (χ4n) is 3.98. The van der Waals surface area contributed by atoms with Gasteiger partial charge >= 0.3 is 0 Å². The fourth-order valence-corrected chi connectivity index (χ4v) is 4.98. The van der Waals surface area contributed by atoms with E-state index in [2.05, 4.69) is 38.2 Å². The first-order valence-corrected chi connectivity index (χ1v) is 13.9. The fraction of sp³-hybridized carbons (Fsp3) is 0.345. The van der Waals surface area contributed by atoms with Crippen molar-refractivity contribution in [2.45, 2.75) is 46.6 Å². The number of ether oxygens (including phenoxy) is 1. The molecule has 0 saturated heterocycles. The Balaban J connectivity index is 1.57. The van der Waals surface area contributed by atoms with Crippen LogP contribution >= 0.6 is 0 Å². The van der Waals surface area contributed by atoms with Crippen molar-refractivity contribution in [3.8, 4) is 5.75 Å². The molecule has 3 rings (SSSR count). The summed E-state index contributed by atoms with van der Waals surface area (Å²) in [6, 6.07) is 20.7. The molecule has 0 aromatic heterocycles. The minimum absolute atomic E-state index is 0.0879. The maximum absolute atomic E-state index is 12.6. The number of anilines is 1. The first-order valence-electron chi connectivity index (χ1n) is 12.0. The second kappa shape index (κ2) is 11.2. The van der Waals surface area contributed by atoms with E-state index in [0.717, 1.165) is 22.4 Å². The molecular weight excluding hydrogens is 472 g/mol. The number of aryl methyl sites for hydroxylation is 2. The van der Waals surface area contributed by atoms with E-state index in [4.69, 9.17) is 4.74 Å². The van der Waals surface area contributed by atoms with Crippen LogP contribution in [0.5, 0.6) is 5.75 Å². The minimum Gasteiger partial charge on any atom is -0.492 e. The number of benzene rings is 3. The molecule has 0 unspecified atom stereocenters. The van der Waals surface area contributed by atoms with Crippen molar-refractivity contribution in [1.29, 1.82) is 0 Å². The van der Waals surface area contributed by atoms with Crippen LogP contribution in [0.1, 0.15) is 53.4 Å². The van der Waals surface area contributed by atoms with Crippen molar-refractivity contribution >= 4 is 21.6 Å². The Kier molecular flexibility index (Phi) is 8.46. The largest absolute Gasteiger partial charge is 0.492 e. The van der Waals surface area contributed by atoms with E-state index in [1.54, 1.807) is 24.3 Å². The van der Waals surface area contributed by atoms with Gasteiger partial charge in [0.05, 0.1) is 25.0 Å². The van der Waals surface area contributed by atoms with Crippen LogP contribution in [0.2, 0.25) is 0 Å². The van der Waals surface area contributed by atoms with E-state index in [0.29, 0.717) is 24.4 Å². The maximum atomic E-state index is 12.6. The van der Waals surface area contributed by atoms with E-state index in [-0.39, 0.29) is 17.9 Å². The molecule has 1 amide bonds. The van der Waals surface area contributed by atoms with E-state index < -0.39 is 10.0 Å². The van der Waals surface area contributed by atoms with Gasteiger partial charge in [-0.1, -0.05) is 63.2 Å². The topological polar surface area (TPSA) is 75.7 Å². The summed E-state index contributed by atoms with van der Waals surface area (Å²) < 4.78 is 32.3. The summed E-state index contributed by atoms with van der Waals surface area (Å²) in [4.78, 5) is 12.5. The van der Waals surface area contributed by atoms with Gasteiger partial charge in [-0.3, -0.25) is 9.10 Å². The minimum atomic E-state index is -3.50. The number of rotatable bonds is 9. The molecule has 0 saturated carbocycles. The molecule has 7 heteroatoms. The van der Waals surface area contributed by atoms with Gasteiger partial charge in [-0.05, 0) is 65.8 Å². The number of sulfonamides is 1. The van der Waals surface area contributed by atoms with Crippen LogP contribution in [0.4, 0.5) is 5.69 Å². The van der Waals surface area contributed by atoms with Crippen LogP contribution in [0.15, 0.2) is 66.7 Å². The molecule has 0 aliphatic heterocycles. The van der Waals surface area contributed by atoms with Crippen molar-refractivity contribution < 1.29 is 17.9 Å². The molecule has 1 N–H and O–H groups in total. The zero-order chi connectivity index (χ0) is 26.5. The average Bonchev–Trinajstić information content (AvgIpc) is 2.80. The van der Waals surface area contributed by atoms with Crippen molar-refractivity contribution in [3.63, 3.8) is 0 Å². The highest BCUT2D eigenvalue weighted by atomic mass is 32.2. The maximum Gasteiger partial charge on any atom is 0.251 e. The molecular formula is C29H36N2O4S. The summed E-state index contributed by atoms with van der Waals surface area (Å²) in [6.07, 6.45) is 1.21. The summed E-state index contributed by atoms with van der Waals surface area (Å²) in [7, 11) is -3.50. The van der Waals surface area contributed by atoms with Crippen LogP contribution in [0.3, 0.4) is 0 Å². The van der Waals surface area contributed by atoms with Crippen LogP contribution in [0.25, 0.3) is 0 Å². The Morgan fingerprint density at radius 3 is 2.03 bits per heavy atom. The van der Waals surface area contributed by atoms with E-state index in [1.807, 2.05) is 44.2 Å². The van der Waals surface area contributed by atoms with Gasteiger partial charge in [0.1, 0.15) is 12.4 Å². The number of carbonyl (C=O) groups is 1. The van der Waals surface area contributed by atoms with Crippen LogP contribution in [-0.4, -0.2) is 33.7 Å². The molecule has 0 heterocycles. The summed E-state index contributed by atoms with van der Waals surface area (Å²) in [5, 5.41) is 2.86. The highest BCUT2D eigenvalue weighted by Crippen LogP contribution is 2.28. The van der Waals surface area contributed by atoms with Gasteiger partial charge in [-0.2, -0.15) is 0 Å². The van der Waals surface area contributed by atoms with Gasteiger partial charge in [0.2, 0.25) is 10.0 Å². The molecule has 36 heavy (non-hydrogen) atoms. The van der Waals surface area contributed by atoms with Crippen molar-refractivity contribution in [2.75, 3.05) is 23.7 Å². The summed E-state index contributed by atoms with van der Waals surface area (Å²) in [5.41, 5.74) is 5.10. The Morgan fingerprint density at radius 2 is 1.50 bits per heavy atom.